The normalized spacial score (nSPS) is 11.5. The van der Waals surface area contributed by atoms with E-state index in [1.807, 2.05) is 98.8 Å². The van der Waals surface area contributed by atoms with Gasteiger partial charge in [-0.25, -0.2) is 0 Å². The van der Waals surface area contributed by atoms with Gasteiger partial charge in [-0.2, -0.15) is 0 Å². The Kier molecular flexibility index (Phi) is 9.07. The maximum atomic E-state index is 13.4. The monoisotopic (exact) mass is 444 g/mol. The second kappa shape index (κ2) is 12.4. The fourth-order valence-electron chi connectivity index (χ4n) is 3.67. The molecular weight excluding hydrogens is 412 g/mol. The van der Waals surface area contributed by atoms with Crippen LogP contribution in [0, 0.1) is 6.92 Å². The lowest BCUT2D eigenvalue weighted by Crippen LogP contribution is -2.51. The lowest BCUT2D eigenvalue weighted by atomic mass is 10.0. The van der Waals surface area contributed by atoms with Gasteiger partial charge >= 0.3 is 0 Å². The molecule has 0 aliphatic rings. The minimum Gasteiger partial charge on any atom is -0.484 e. The van der Waals surface area contributed by atoms with Gasteiger partial charge in [0.05, 0.1) is 0 Å². The van der Waals surface area contributed by atoms with E-state index in [2.05, 4.69) is 5.32 Å². The number of hydrogen-bond donors (Lipinski definition) is 1. The zero-order chi connectivity index (χ0) is 23.5. The summed E-state index contributed by atoms with van der Waals surface area (Å²) in [5, 5.41) is 2.99. The van der Waals surface area contributed by atoms with Crippen molar-refractivity contribution >= 4 is 11.8 Å². The molecule has 0 spiro atoms. The number of nitrogens with one attached hydrogen (secondary N) is 1. The van der Waals surface area contributed by atoms with Gasteiger partial charge in [0.2, 0.25) is 5.91 Å². The van der Waals surface area contributed by atoms with E-state index in [-0.39, 0.29) is 18.4 Å². The second-order valence-corrected chi connectivity index (χ2v) is 8.11. The van der Waals surface area contributed by atoms with Crippen molar-refractivity contribution in [2.75, 3.05) is 13.2 Å². The van der Waals surface area contributed by atoms with E-state index in [1.165, 1.54) is 0 Å². The molecule has 0 bridgehead atoms. The molecule has 0 aliphatic heterocycles. The summed E-state index contributed by atoms with van der Waals surface area (Å²) < 4.78 is 5.75. The van der Waals surface area contributed by atoms with E-state index in [4.69, 9.17) is 4.74 Å². The largest absolute Gasteiger partial charge is 0.484 e. The third-order valence-corrected chi connectivity index (χ3v) is 5.36. The fourth-order valence-corrected chi connectivity index (χ4v) is 3.67. The molecular formula is C28H32N2O3. The van der Waals surface area contributed by atoms with E-state index in [1.54, 1.807) is 4.90 Å². The highest BCUT2D eigenvalue weighted by Crippen LogP contribution is 2.17. The van der Waals surface area contributed by atoms with Gasteiger partial charge in [0.15, 0.2) is 6.61 Å². The Hall–Kier alpha value is -3.60. The maximum absolute atomic E-state index is 13.4. The van der Waals surface area contributed by atoms with Crippen LogP contribution in [0.25, 0.3) is 0 Å². The first kappa shape index (κ1) is 24.1. The zero-order valence-corrected chi connectivity index (χ0v) is 19.4. The maximum Gasteiger partial charge on any atom is 0.261 e. The van der Waals surface area contributed by atoms with Crippen LogP contribution in [0.3, 0.4) is 0 Å². The molecule has 1 N–H and O–H groups in total. The molecule has 3 rings (SSSR count). The predicted molar refractivity (Wildman–Crippen MR) is 131 cm³/mol. The van der Waals surface area contributed by atoms with Crippen LogP contribution < -0.4 is 10.1 Å². The zero-order valence-electron chi connectivity index (χ0n) is 19.4. The van der Waals surface area contributed by atoms with Crippen molar-refractivity contribution in [3.05, 3.63) is 102 Å². The van der Waals surface area contributed by atoms with Crippen molar-refractivity contribution in [2.45, 2.75) is 39.3 Å². The number of carbonyl (C=O) groups is 2. The first-order valence-electron chi connectivity index (χ1n) is 11.4. The van der Waals surface area contributed by atoms with Crippen LogP contribution in [0.4, 0.5) is 0 Å². The van der Waals surface area contributed by atoms with Crippen LogP contribution in [-0.2, 0) is 22.6 Å². The van der Waals surface area contributed by atoms with Crippen molar-refractivity contribution in [3.8, 4) is 5.75 Å². The third-order valence-electron chi connectivity index (χ3n) is 5.36. The van der Waals surface area contributed by atoms with Gasteiger partial charge in [-0.05, 0) is 36.6 Å². The predicted octanol–water partition coefficient (Wildman–Crippen LogP) is 4.54. The summed E-state index contributed by atoms with van der Waals surface area (Å²) in [6.45, 7) is 4.79. The lowest BCUT2D eigenvalue weighted by Gasteiger charge is -2.31. The summed E-state index contributed by atoms with van der Waals surface area (Å²) in [5.74, 6) is 0.241. The van der Waals surface area contributed by atoms with Crippen molar-refractivity contribution in [1.82, 2.24) is 10.2 Å². The molecule has 0 heterocycles. The van der Waals surface area contributed by atoms with E-state index in [0.717, 1.165) is 23.1 Å². The van der Waals surface area contributed by atoms with Gasteiger partial charge in [0.1, 0.15) is 11.8 Å². The summed E-state index contributed by atoms with van der Waals surface area (Å²) in [6.07, 6.45) is 1.26. The molecule has 3 aromatic rings. The van der Waals surface area contributed by atoms with Gasteiger partial charge in [0.25, 0.3) is 5.91 Å². The standard InChI is InChI=1S/C28H32N2O3/c1-3-17-29-28(32)26(19-23-12-6-4-7-13-23)30(20-24-14-10-11-22(2)18-24)27(31)21-33-25-15-8-5-9-16-25/h4-16,18,26H,3,17,19-21H2,1-2H3,(H,29,32). The van der Waals surface area contributed by atoms with Gasteiger partial charge in [-0.3, -0.25) is 9.59 Å². The molecule has 33 heavy (non-hydrogen) atoms. The summed E-state index contributed by atoms with van der Waals surface area (Å²) in [7, 11) is 0. The van der Waals surface area contributed by atoms with Crippen LogP contribution >= 0.6 is 0 Å². The summed E-state index contributed by atoms with van der Waals surface area (Å²) in [4.78, 5) is 28.3. The summed E-state index contributed by atoms with van der Waals surface area (Å²) in [6, 6.07) is 26.4. The van der Waals surface area contributed by atoms with Crippen molar-refractivity contribution in [3.63, 3.8) is 0 Å². The SMILES string of the molecule is CCCNC(=O)C(Cc1ccccc1)N(Cc1cccc(C)c1)C(=O)COc1ccccc1. The Morgan fingerprint density at radius 2 is 1.58 bits per heavy atom. The molecule has 0 radical (unpaired) electrons. The number of hydrogen-bond acceptors (Lipinski definition) is 3. The van der Waals surface area contributed by atoms with Crippen molar-refractivity contribution in [1.29, 1.82) is 0 Å². The van der Waals surface area contributed by atoms with E-state index < -0.39 is 6.04 Å². The first-order valence-corrected chi connectivity index (χ1v) is 11.4. The van der Waals surface area contributed by atoms with Crippen molar-refractivity contribution < 1.29 is 14.3 Å². The van der Waals surface area contributed by atoms with Crippen LogP contribution in [0.1, 0.15) is 30.0 Å². The van der Waals surface area contributed by atoms with Crippen LogP contribution in [-0.4, -0.2) is 35.9 Å². The van der Waals surface area contributed by atoms with Crippen LogP contribution in [0.5, 0.6) is 5.75 Å². The molecule has 1 unspecified atom stereocenters. The first-order chi connectivity index (χ1) is 16.1. The molecule has 2 amide bonds. The summed E-state index contributed by atoms with van der Waals surface area (Å²) >= 11 is 0. The highest BCUT2D eigenvalue weighted by atomic mass is 16.5. The molecule has 5 heteroatoms. The van der Waals surface area contributed by atoms with Crippen LogP contribution in [0.15, 0.2) is 84.9 Å². The van der Waals surface area contributed by atoms with E-state index in [0.29, 0.717) is 25.3 Å². The summed E-state index contributed by atoms with van der Waals surface area (Å²) in [5.41, 5.74) is 3.08. The number of nitrogens with zero attached hydrogens (tertiary/aromatic N) is 1. The van der Waals surface area contributed by atoms with E-state index >= 15 is 0 Å². The van der Waals surface area contributed by atoms with Gasteiger partial charge in [-0.1, -0.05) is 85.3 Å². The number of ether oxygens (including phenoxy) is 1. The number of aryl methyl sites for hydroxylation is 1. The molecule has 0 fully saturated rings. The molecule has 0 aromatic heterocycles. The molecule has 0 saturated carbocycles. The topological polar surface area (TPSA) is 58.6 Å². The Morgan fingerprint density at radius 3 is 2.24 bits per heavy atom. The third kappa shape index (κ3) is 7.49. The molecule has 3 aromatic carbocycles. The number of para-hydroxylation sites is 1. The Labute approximate surface area is 196 Å². The highest BCUT2D eigenvalue weighted by Gasteiger charge is 2.30. The number of benzene rings is 3. The average Bonchev–Trinajstić information content (AvgIpc) is 2.84. The van der Waals surface area contributed by atoms with Crippen molar-refractivity contribution in [2.24, 2.45) is 0 Å². The van der Waals surface area contributed by atoms with Gasteiger partial charge in [-0.15, -0.1) is 0 Å². The smallest absolute Gasteiger partial charge is 0.261 e. The minimum absolute atomic E-state index is 0.137. The Balaban J connectivity index is 1.88. The molecule has 5 nitrogen and oxygen atoms in total. The quantitative estimate of drug-likeness (QED) is 0.472. The lowest BCUT2D eigenvalue weighted by molar-refractivity contribution is -0.142. The fraction of sp³-hybridized carbons (Fsp3) is 0.286. The molecule has 0 aliphatic carbocycles. The van der Waals surface area contributed by atoms with Crippen LogP contribution in [0.2, 0.25) is 0 Å². The second-order valence-electron chi connectivity index (χ2n) is 8.11. The Bertz CT molecular complexity index is 1020. The number of amides is 2. The Morgan fingerprint density at radius 1 is 0.909 bits per heavy atom. The molecule has 0 saturated heterocycles. The van der Waals surface area contributed by atoms with E-state index in [9.17, 15) is 9.59 Å². The minimum atomic E-state index is -0.647. The number of rotatable bonds is 11. The highest BCUT2D eigenvalue weighted by molar-refractivity contribution is 5.88. The van der Waals surface area contributed by atoms with Gasteiger partial charge < -0.3 is 15.0 Å². The van der Waals surface area contributed by atoms with Gasteiger partial charge in [0, 0.05) is 19.5 Å². The number of carbonyl (C=O) groups excluding carboxylic acids is 2. The average molecular weight is 445 g/mol. The molecule has 172 valence electrons. The molecule has 1 atom stereocenters.